The maximum atomic E-state index is 6.01. The molecule has 0 radical (unpaired) electrons. The van der Waals surface area contributed by atoms with Gasteiger partial charge in [-0.15, -0.1) is 11.6 Å². The predicted molar refractivity (Wildman–Crippen MR) is 56.4 cm³/mol. The molecule has 1 aliphatic rings. The minimum absolute atomic E-state index is 0.194. The highest BCUT2D eigenvalue weighted by Crippen LogP contribution is 2.31. The van der Waals surface area contributed by atoms with Gasteiger partial charge in [0.15, 0.2) is 0 Å². The molecule has 0 aliphatic heterocycles. The van der Waals surface area contributed by atoms with E-state index in [9.17, 15) is 0 Å². The first kappa shape index (κ1) is 11.3. The molecule has 1 saturated carbocycles. The van der Waals surface area contributed by atoms with Crippen molar-refractivity contribution < 1.29 is 4.74 Å². The molecule has 0 aromatic carbocycles. The van der Waals surface area contributed by atoms with E-state index in [2.05, 4.69) is 12.2 Å². The minimum Gasteiger partial charge on any atom is -0.383 e. The Labute approximate surface area is 86.0 Å². The van der Waals surface area contributed by atoms with E-state index >= 15 is 0 Å². The van der Waals surface area contributed by atoms with Gasteiger partial charge in [-0.3, -0.25) is 0 Å². The lowest BCUT2D eigenvalue weighted by atomic mass is 9.99. The Morgan fingerprint density at radius 1 is 1.46 bits per heavy atom. The summed E-state index contributed by atoms with van der Waals surface area (Å²) in [5.41, 5.74) is 0.194. The smallest absolute Gasteiger partial charge is 0.0613 e. The summed E-state index contributed by atoms with van der Waals surface area (Å²) in [5.74, 6) is 0.723. The number of hydrogen-bond donors (Lipinski definition) is 1. The third-order valence-electron chi connectivity index (χ3n) is 2.79. The second-order valence-electron chi connectivity index (χ2n) is 4.12. The van der Waals surface area contributed by atoms with Crippen LogP contribution in [0.4, 0.5) is 0 Å². The standard InChI is InChI=1S/C10H20ClNO/c1-9(7-13-2)12-10(8-11)5-3-4-6-10/h9,12H,3-8H2,1-2H3. The van der Waals surface area contributed by atoms with E-state index in [-0.39, 0.29) is 5.54 Å². The van der Waals surface area contributed by atoms with Gasteiger partial charge in [0.05, 0.1) is 6.61 Å². The van der Waals surface area contributed by atoms with Gasteiger partial charge < -0.3 is 10.1 Å². The van der Waals surface area contributed by atoms with Crippen molar-refractivity contribution in [3.05, 3.63) is 0 Å². The first-order valence-electron chi connectivity index (χ1n) is 5.05. The summed E-state index contributed by atoms with van der Waals surface area (Å²) in [6.45, 7) is 2.91. The first-order chi connectivity index (χ1) is 6.22. The highest BCUT2D eigenvalue weighted by Gasteiger charge is 2.33. The van der Waals surface area contributed by atoms with Gasteiger partial charge in [-0.2, -0.15) is 0 Å². The molecular formula is C10H20ClNO. The van der Waals surface area contributed by atoms with E-state index in [1.807, 2.05) is 0 Å². The van der Waals surface area contributed by atoms with Crippen LogP contribution in [0.25, 0.3) is 0 Å². The molecule has 0 saturated heterocycles. The minimum atomic E-state index is 0.194. The lowest BCUT2D eigenvalue weighted by molar-refractivity contribution is 0.155. The zero-order chi connectivity index (χ0) is 9.73. The van der Waals surface area contributed by atoms with E-state index < -0.39 is 0 Å². The maximum absolute atomic E-state index is 6.01. The molecule has 0 heterocycles. The predicted octanol–water partition coefficient (Wildman–Crippen LogP) is 2.16. The molecule has 13 heavy (non-hydrogen) atoms. The molecule has 1 N–H and O–H groups in total. The Morgan fingerprint density at radius 2 is 2.08 bits per heavy atom. The van der Waals surface area contributed by atoms with Crippen molar-refractivity contribution in [2.75, 3.05) is 19.6 Å². The van der Waals surface area contributed by atoms with Crippen LogP contribution in [0.15, 0.2) is 0 Å². The van der Waals surface area contributed by atoms with E-state index in [4.69, 9.17) is 16.3 Å². The molecule has 2 nitrogen and oxygen atoms in total. The van der Waals surface area contributed by atoms with Crippen LogP contribution in [-0.4, -0.2) is 31.2 Å². The van der Waals surface area contributed by atoms with Gasteiger partial charge in [0.1, 0.15) is 0 Å². The fourth-order valence-corrected chi connectivity index (χ4v) is 2.53. The summed E-state index contributed by atoms with van der Waals surface area (Å²) < 4.78 is 5.10. The SMILES string of the molecule is COCC(C)NC1(CCl)CCCC1. The third-order valence-corrected chi connectivity index (χ3v) is 3.30. The molecule has 1 unspecified atom stereocenters. The molecule has 1 aliphatic carbocycles. The fraction of sp³-hybridized carbons (Fsp3) is 1.00. The summed E-state index contributed by atoms with van der Waals surface area (Å²) in [5, 5.41) is 3.59. The Kier molecular flexibility index (Phi) is 4.50. The number of nitrogens with one attached hydrogen (secondary N) is 1. The van der Waals surface area contributed by atoms with Crippen LogP contribution in [-0.2, 0) is 4.74 Å². The van der Waals surface area contributed by atoms with Crippen LogP contribution in [0.2, 0.25) is 0 Å². The van der Waals surface area contributed by atoms with E-state index in [0.717, 1.165) is 12.5 Å². The summed E-state index contributed by atoms with van der Waals surface area (Å²) in [6, 6.07) is 0.404. The normalized spacial score (nSPS) is 23.3. The molecule has 0 aromatic rings. The van der Waals surface area contributed by atoms with Gasteiger partial charge in [0, 0.05) is 24.6 Å². The Morgan fingerprint density at radius 3 is 2.54 bits per heavy atom. The molecule has 1 fully saturated rings. The lowest BCUT2D eigenvalue weighted by Crippen LogP contribution is -2.50. The van der Waals surface area contributed by atoms with Crippen molar-refractivity contribution in [1.82, 2.24) is 5.32 Å². The number of hydrogen-bond acceptors (Lipinski definition) is 2. The average molecular weight is 206 g/mol. The first-order valence-corrected chi connectivity index (χ1v) is 5.58. The number of ether oxygens (including phenoxy) is 1. The van der Waals surface area contributed by atoms with Crippen LogP contribution in [0.5, 0.6) is 0 Å². The molecule has 3 heteroatoms. The zero-order valence-corrected chi connectivity index (χ0v) is 9.36. The van der Waals surface area contributed by atoms with Gasteiger partial charge in [-0.1, -0.05) is 12.8 Å². The quantitative estimate of drug-likeness (QED) is 0.695. The van der Waals surface area contributed by atoms with Crippen molar-refractivity contribution in [3.8, 4) is 0 Å². The summed E-state index contributed by atoms with van der Waals surface area (Å²) in [7, 11) is 1.74. The monoisotopic (exact) mass is 205 g/mol. The highest BCUT2D eigenvalue weighted by molar-refractivity contribution is 6.18. The Balaban J connectivity index is 2.38. The van der Waals surface area contributed by atoms with Crippen molar-refractivity contribution in [2.45, 2.75) is 44.2 Å². The molecule has 0 bridgehead atoms. The topological polar surface area (TPSA) is 21.3 Å². The third kappa shape index (κ3) is 3.12. The van der Waals surface area contributed by atoms with Crippen molar-refractivity contribution >= 4 is 11.6 Å². The molecule has 0 aromatic heterocycles. The molecule has 1 rings (SSSR count). The number of halogens is 1. The van der Waals surface area contributed by atoms with Crippen LogP contribution in [0, 0.1) is 0 Å². The van der Waals surface area contributed by atoms with Crippen LogP contribution < -0.4 is 5.32 Å². The Hall–Kier alpha value is 0.210. The number of alkyl halides is 1. The van der Waals surface area contributed by atoms with Gasteiger partial charge in [0.25, 0.3) is 0 Å². The molecule has 1 atom stereocenters. The van der Waals surface area contributed by atoms with Crippen molar-refractivity contribution in [3.63, 3.8) is 0 Å². The summed E-state index contributed by atoms with van der Waals surface area (Å²) >= 11 is 6.01. The molecular weight excluding hydrogens is 186 g/mol. The summed E-state index contributed by atoms with van der Waals surface area (Å²) in [4.78, 5) is 0. The average Bonchev–Trinajstić information content (AvgIpc) is 2.54. The van der Waals surface area contributed by atoms with Gasteiger partial charge in [-0.25, -0.2) is 0 Å². The van der Waals surface area contributed by atoms with Crippen LogP contribution >= 0.6 is 11.6 Å². The van der Waals surface area contributed by atoms with Crippen molar-refractivity contribution in [1.29, 1.82) is 0 Å². The Bertz CT molecular complexity index is 146. The van der Waals surface area contributed by atoms with Crippen LogP contribution in [0.3, 0.4) is 0 Å². The zero-order valence-electron chi connectivity index (χ0n) is 8.61. The van der Waals surface area contributed by atoms with Gasteiger partial charge in [0.2, 0.25) is 0 Å². The van der Waals surface area contributed by atoms with Crippen molar-refractivity contribution in [2.24, 2.45) is 0 Å². The largest absolute Gasteiger partial charge is 0.383 e. The number of rotatable bonds is 5. The van der Waals surface area contributed by atoms with Gasteiger partial charge >= 0.3 is 0 Å². The van der Waals surface area contributed by atoms with E-state index in [0.29, 0.717) is 6.04 Å². The lowest BCUT2D eigenvalue weighted by Gasteiger charge is -2.31. The van der Waals surface area contributed by atoms with Gasteiger partial charge in [-0.05, 0) is 19.8 Å². The van der Waals surface area contributed by atoms with Crippen LogP contribution in [0.1, 0.15) is 32.6 Å². The highest BCUT2D eigenvalue weighted by atomic mass is 35.5. The summed E-state index contributed by atoms with van der Waals surface area (Å²) in [6.07, 6.45) is 5.04. The molecule has 78 valence electrons. The van der Waals surface area contributed by atoms with E-state index in [1.54, 1.807) is 7.11 Å². The molecule has 0 amide bonds. The second kappa shape index (κ2) is 5.18. The molecule has 0 spiro atoms. The van der Waals surface area contributed by atoms with E-state index in [1.165, 1.54) is 25.7 Å². The number of methoxy groups -OCH3 is 1. The fourth-order valence-electron chi connectivity index (χ4n) is 2.18. The maximum Gasteiger partial charge on any atom is 0.0613 e. The second-order valence-corrected chi connectivity index (χ2v) is 4.39.